The summed E-state index contributed by atoms with van der Waals surface area (Å²) in [4.78, 5) is 24.4. The molecule has 0 saturated carbocycles. The van der Waals surface area contributed by atoms with Crippen LogP contribution in [0.15, 0.2) is 76.9 Å². The van der Waals surface area contributed by atoms with Crippen molar-refractivity contribution in [2.75, 3.05) is 12.0 Å². The SMILES string of the molecule is CC[N+]1(c2ccc(C(F)(F)F)cc2)N=CC(=NNc2cccc(-c3cccc(C(=O)O)c3)c2O)C1=O. The number of anilines is 1. The molecule has 3 N–H and O–H groups in total. The number of carboxylic acid groups (broad SMARTS) is 1. The zero-order valence-corrected chi connectivity index (χ0v) is 18.8. The zero-order valence-electron chi connectivity index (χ0n) is 18.8. The summed E-state index contributed by atoms with van der Waals surface area (Å²) in [6.07, 6.45) is -3.29. The lowest BCUT2D eigenvalue weighted by Gasteiger charge is -2.23. The third-order valence-electron chi connectivity index (χ3n) is 5.77. The van der Waals surface area contributed by atoms with Gasteiger partial charge in [0.1, 0.15) is 18.5 Å². The van der Waals surface area contributed by atoms with E-state index >= 15 is 0 Å². The van der Waals surface area contributed by atoms with Crippen molar-refractivity contribution in [2.24, 2.45) is 10.2 Å². The number of quaternary nitrogens is 1. The van der Waals surface area contributed by atoms with E-state index in [2.05, 4.69) is 15.6 Å². The number of halogens is 3. The van der Waals surface area contributed by atoms with E-state index in [1.807, 2.05) is 0 Å². The van der Waals surface area contributed by atoms with Crippen LogP contribution in [-0.2, 0) is 11.0 Å². The van der Waals surface area contributed by atoms with Gasteiger partial charge in [0.05, 0.1) is 16.8 Å². The van der Waals surface area contributed by atoms with Crippen LogP contribution in [0.3, 0.4) is 0 Å². The van der Waals surface area contributed by atoms with Crippen molar-refractivity contribution in [3.8, 4) is 16.9 Å². The molecule has 0 saturated heterocycles. The minimum atomic E-state index is -4.50. The Balaban J connectivity index is 1.60. The summed E-state index contributed by atoms with van der Waals surface area (Å²) in [6, 6.07) is 15.0. The summed E-state index contributed by atoms with van der Waals surface area (Å²) >= 11 is 0. The van der Waals surface area contributed by atoms with Crippen LogP contribution in [0.1, 0.15) is 22.8 Å². The highest BCUT2D eigenvalue weighted by molar-refractivity contribution is 6.64. The molecule has 3 aromatic rings. The van der Waals surface area contributed by atoms with E-state index in [4.69, 9.17) is 0 Å². The normalized spacial score (nSPS) is 18.6. The minimum absolute atomic E-state index is 0.0511. The fourth-order valence-corrected chi connectivity index (χ4v) is 3.82. The Morgan fingerprint density at radius 3 is 2.42 bits per heavy atom. The van der Waals surface area contributed by atoms with Gasteiger partial charge >= 0.3 is 18.1 Å². The number of phenols is 1. The number of aromatic carboxylic acids is 1. The number of benzene rings is 3. The molecule has 0 radical (unpaired) electrons. The van der Waals surface area contributed by atoms with Gasteiger partial charge in [-0.05, 0) is 42.8 Å². The summed E-state index contributed by atoms with van der Waals surface area (Å²) < 4.78 is 38.2. The third-order valence-corrected chi connectivity index (χ3v) is 5.77. The lowest BCUT2D eigenvalue weighted by atomic mass is 10.0. The van der Waals surface area contributed by atoms with Crippen molar-refractivity contribution < 1.29 is 33.0 Å². The van der Waals surface area contributed by atoms with Crippen LogP contribution < -0.4 is 10.0 Å². The van der Waals surface area contributed by atoms with Gasteiger partial charge in [-0.2, -0.15) is 18.3 Å². The lowest BCUT2D eigenvalue weighted by molar-refractivity contribution is -0.137. The first kappa shape index (κ1) is 24.6. The summed E-state index contributed by atoms with van der Waals surface area (Å²) in [5, 5.41) is 28.2. The highest BCUT2D eigenvalue weighted by Gasteiger charge is 2.46. The number of carbonyl (C=O) groups excluding carboxylic acids is 1. The molecular formula is C25H20F3N4O4+. The molecule has 3 aromatic carbocycles. The van der Waals surface area contributed by atoms with E-state index < -0.39 is 28.2 Å². The molecule has 0 aromatic heterocycles. The smallest absolute Gasteiger partial charge is 0.416 e. The molecule has 36 heavy (non-hydrogen) atoms. The highest BCUT2D eigenvalue weighted by atomic mass is 19.4. The van der Waals surface area contributed by atoms with Gasteiger partial charge in [0.2, 0.25) is 5.71 Å². The van der Waals surface area contributed by atoms with Crippen molar-refractivity contribution in [3.05, 3.63) is 77.9 Å². The molecule has 1 amide bonds. The number of rotatable bonds is 6. The number of nitrogens with zero attached hydrogens (tertiary/aromatic N) is 3. The number of nitrogens with one attached hydrogen (secondary N) is 1. The number of phenolic OH excluding ortho intramolecular Hbond substituents is 1. The van der Waals surface area contributed by atoms with Gasteiger partial charge in [-0.3, -0.25) is 5.43 Å². The first-order valence-electron chi connectivity index (χ1n) is 10.7. The average molecular weight is 497 g/mol. The maximum Gasteiger partial charge on any atom is 0.416 e. The van der Waals surface area contributed by atoms with Gasteiger partial charge in [-0.15, -0.1) is 0 Å². The van der Waals surface area contributed by atoms with Crippen LogP contribution in [0, 0.1) is 0 Å². The van der Waals surface area contributed by atoms with Crippen LogP contribution >= 0.6 is 0 Å². The lowest BCUT2D eigenvalue weighted by Crippen LogP contribution is -2.48. The maximum absolute atomic E-state index is 13.2. The maximum atomic E-state index is 13.2. The number of alkyl halides is 3. The van der Waals surface area contributed by atoms with Crippen LogP contribution in [0.4, 0.5) is 24.5 Å². The zero-order chi connectivity index (χ0) is 26.1. The second-order valence-corrected chi connectivity index (χ2v) is 7.88. The molecule has 184 valence electrons. The van der Waals surface area contributed by atoms with Gasteiger partial charge in [0.25, 0.3) is 0 Å². The Hall–Kier alpha value is -4.51. The fraction of sp³-hybridized carbons (Fsp3) is 0.120. The first-order chi connectivity index (χ1) is 17.1. The molecule has 1 aliphatic rings. The number of para-hydroxylation sites is 1. The van der Waals surface area contributed by atoms with E-state index in [9.17, 15) is 33.0 Å². The Kier molecular flexibility index (Phi) is 6.34. The standard InChI is InChI=1S/C25H19F3N4O4/c1-2-32(18-11-9-17(10-12-18)25(26,27)28)23(34)21(14-29-32)31-30-20-8-4-7-19(22(20)33)15-5-3-6-16(13-15)24(35)36/h3-14H,2H2,1H3,(H2-,29,30,31,33,34,35,36)/p+1. The Morgan fingerprint density at radius 2 is 1.78 bits per heavy atom. The molecule has 0 bridgehead atoms. The van der Waals surface area contributed by atoms with E-state index in [0.29, 0.717) is 11.1 Å². The third kappa shape index (κ3) is 4.43. The molecular weight excluding hydrogens is 477 g/mol. The van der Waals surface area contributed by atoms with Crippen molar-refractivity contribution in [1.29, 1.82) is 0 Å². The molecule has 1 heterocycles. The molecule has 1 unspecified atom stereocenters. The van der Waals surface area contributed by atoms with Crippen LogP contribution in [-0.4, -0.2) is 40.6 Å². The molecule has 1 aliphatic heterocycles. The summed E-state index contributed by atoms with van der Waals surface area (Å²) in [5.74, 6) is -1.89. The second-order valence-electron chi connectivity index (χ2n) is 7.88. The topological polar surface area (TPSA) is 111 Å². The molecule has 8 nitrogen and oxygen atoms in total. The van der Waals surface area contributed by atoms with Gasteiger partial charge < -0.3 is 10.2 Å². The number of aromatic hydroxyl groups is 1. The number of amides is 1. The van der Waals surface area contributed by atoms with Crippen LogP contribution in [0.25, 0.3) is 11.1 Å². The quantitative estimate of drug-likeness (QED) is 0.249. The molecule has 0 fully saturated rings. The fourth-order valence-electron chi connectivity index (χ4n) is 3.82. The number of carbonyl (C=O) groups is 2. The highest BCUT2D eigenvalue weighted by Crippen LogP contribution is 2.36. The minimum Gasteiger partial charge on any atom is -0.505 e. The van der Waals surface area contributed by atoms with Gasteiger partial charge in [-0.1, -0.05) is 34.0 Å². The Bertz CT molecular complexity index is 1400. The largest absolute Gasteiger partial charge is 0.505 e. The predicted molar refractivity (Wildman–Crippen MR) is 129 cm³/mol. The predicted octanol–water partition coefficient (Wildman–Crippen LogP) is 5.10. The monoisotopic (exact) mass is 497 g/mol. The summed E-state index contributed by atoms with van der Waals surface area (Å²) in [5.41, 5.74) is 2.96. The number of hydrogen-bond acceptors (Lipinski definition) is 6. The van der Waals surface area contributed by atoms with Crippen LogP contribution in [0.5, 0.6) is 5.75 Å². The number of hydrazone groups is 1. The van der Waals surface area contributed by atoms with Gasteiger partial charge in [0, 0.05) is 17.7 Å². The summed E-state index contributed by atoms with van der Waals surface area (Å²) in [7, 11) is 0. The van der Waals surface area contributed by atoms with Gasteiger partial charge in [0.15, 0.2) is 5.69 Å². The van der Waals surface area contributed by atoms with Gasteiger partial charge in [-0.25, -0.2) is 9.59 Å². The van der Waals surface area contributed by atoms with Crippen molar-refractivity contribution in [2.45, 2.75) is 13.1 Å². The average Bonchev–Trinajstić information content (AvgIpc) is 3.19. The van der Waals surface area contributed by atoms with E-state index in [1.54, 1.807) is 31.2 Å². The first-order valence-corrected chi connectivity index (χ1v) is 10.7. The van der Waals surface area contributed by atoms with Crippen molar-refractivity contribution >= 4 is 35.2 Å². The van der Waals surface area contributed by atoms with E-state index in [-0.39, 0.29) is 34.9 Å². The Labute approximate surface area is 203 Å². The molecule has 11 heteroatoms. The van der Waals surface area contributed by atoms with Crippen molar-refractivity contribution in [3.63, 3.8) is 0 Å². The Morgan fingerprint density at radius 1 is 1.08 bits per heavy atom. The number of carboxylic acids is 1. The number of hydrogen-bond donors (Lipinski definition) is 3. The second kappa shape index (κ2) is 9.27. The van der Waals surface area contributed by atoms with Crippen LogP contribution in [0.2, 0.25) is 0 Å². The van der Waals surface area contributed by atoms with E-state index in [0.717, 1.165) is 12.1 Å². The van der Waals surface area contributed by atoms with E-state index in [1.165, 1.54) is 36.5 Å². The molecule has 0 aliphatic carbocycles. The molecule has 4 rings (SSSR count). The summed E-state index contributed by atoms with van der Waals surface area (Å²) in [6.45, 7) is 1.81. The van der Waals surface area contributed by atoms with Crippen molar-refractivity contribution in [1.82, 2.24) is 4.59 Å². The molecule has 0 spiro atoms. The molecule has 1 atom stereocenters.